The van der Waals surface area contributed by atoms with Gasteiger partial charge in [-0.05, 0) is 31.8 Å². The first-order valence-electron chi connectivity index (χ1n) is 5.98. The lowest BCUT2D eigenvalue weighted by atomic mass is 9.84. The molecular weight excluding hydrogens is 282 g/mol. The molecule has 88 valence electrons. The summed E-state index contributed by atoms with van der Waals surface area (Å²) in [5, 5.41) is 2.16. The molecule has 0 radical (unpaired) electrons. The maximum absolute atomic E-state index is 4.31. The van der Waals surface area contributed by atoms with Gasteiger partial charge < -0.3 is 0 Å². The van der Waals surface area contributed by atoms with Gasteiger partial charge >= 0.3 is 0 Å². The predicted octanol–water partition coefficient (Wildman–Crippen LogP) is 4.81. The average molecular weight is 300 g/mol. The molecule has 1 aliphatic rings. The molecule has 1 nitrogen and oxygen atoms in total. The second kappa shape index (κ2) is 5.97. The van der Waals surface area contributed by atoms with E-state index in [4.69, 9.17) is 0 Å². The van der Waals surface area contributed by atoms with Crippen LogP contribution in [0.3, 0.4) is 0 Å². The minimum Gasteiger partial charge on any atom is -0.249 e. The van der Waals surface area contributed by atoms with Crippen LogP contribution in [0.2, 0.25) is 0 Å². The van der Waals surface area contributed by atoms with Gasteiger partial charge in [0.05, 0.1) is 5.01 Å². The van der Waals surface area contributed by atoms with Gasteiger partial charge in [0.1, 0.15) is 0 Å². The lowest BCUT2D eigenvalue weighted by molar-refractivity contribution is 0.406. The van der Waals surface area contributed by atoms with Gasteiger partial charge in [-0.15, -0.1) is 11.3 Å². The molecule has 3 heteroatoms. The van der Waals surface area contributed by atoms with Gasteiger partial charge in [-0.25, -0.2) is 4.98 Å². The van der Waals surface area contributed by atoms with E-state index in [2.05, 4.69) is 33.9 Å². The maximum Gasteiger partial charge on any atom is 0.0900 e. The lowest BCUT2D eigenvalue weighted by Gasteiger charge is -2.23. The summed E-state index contributed by atoms with van der Waals surface area (Å²) in [6.45, 7) is 2.07. The number of hydrogen-bond donors (Lipinski definition) is 0. The van der Waals surface area contributed by atoms with Crippen LogP contribution < -0.4 is 0 Å². The van der Waals surface area contributed by atoms with Crippen molar-refractivity contribution in [1.29, 1.82) is 0 Å². The molecule has 0 amide bonds. The van der Waals surface area contributed by atoms with Crippen LogP contribution in [0.25, 0.3) is 6.08 Å². The Kier molecular flexibility index (Phi) is 4.59. The van der Waals surface area contributed by atoms with E-state index in [9.17, 15) is 0 Å². The molecule has 1 fully saturated rings. The van der Waals surface area contributed by atoms with Crippen molar-refractivity contribution in [3.8, 4) is 0 Å². The first-order chi connectivity index (χ1) is 7.79. The highest BCUT2D eigenvalue weighted by atomic mass is 79.9. The Balaban J connectivity index is 2.11. The van der Waals surface area contributed by atoms with Crippen LogP contribution in [0.5, 0.6) is 0 Å². The second-order valence-electron chi connectivity index (χ2n) is 4.47. The van der Waals surface area contributed by atoms with Crippen LogP contribution in [0.1, 0.15) is 42.0 Å². The van der Waals surface area contributed by atoms with Crippen molar-refractivity contribution >= 4 is 33.3 Å². The number of rotatable bonds is 3. The third kappa shape index (κ3) is 3.17. The first-order valence-corrected chi connectivity index (χ1v) is 7.92. The Labute approximate surface area is 110 Å². The third-order valence-corrected chi connectivity index (χ3v) is 4.76. The average Bonchev–Trinajstić information content (AvgIpc) is 2.73. The van der Waals surface area contributed by atoms with E-state index in [0.717, 1.165) is 16.3 Å². The topological polar surface area (TPSA) is 12.9 Å². The smallest absolute Gasteiger partial charge is 0.0900 e. The van der Waals surface area contributed by atoms with Gasteiger partial charge in [0.25, 0.3) is 0 Å². The summed E-state index contributed by atoms with van der Waals surface area (Å²) in [6.07, 6.45) is 11.3. The molecular formula is C13H18BrNS. The zero-order valence-electron chi connectivity index (χ0n) is 9.71. The van der Waals surface area contributed by atoms with Gasteiger partial charge in [-0.2, -0.15) is 0 Å². The number of alkyl halides is 1. The molecule has 1 saturated carbocycles. The summed E-state index contributed by atoms with van der Waals surface area (Å²) >= 11 is 5.42. The van der Waals surface area contributed by atoms with Crippen molar-refractivity contribution in [2.75, 3.05) is 5.33 Å². The molecule has 1 aliphatic carbocycles. The molecule has 1 heterocycles. The summed E-state index contributed by atoms with van der Waals surface area (Å²) in [7, 11) is 0. The summed E-state index contributed by atoms with van der Waals surface area (Å²) < 4.78 is 0. The Morgan fingerprint density at radius 2 is 2.25 bits per heavy atom. The molecule has 0 N–H and O–H groups in total. The quantitative estimate of drug-likeness (QED) is 0.730. The molecule has 1 aromatic rings. The van der Waals surface area contributed by atoms with E-state index >= 15 is 0 Å². The zero-order valence-corrected chi connectivity index (χ0v) is 12.1. The molecule has 0 bridgehead atoms. The number of aromatic nitrogens is 1. The summed E-state index contributed by atoms with van der Waals surface area (Å²) in [5.74, 6) is 0.801. The van der Waals surface area contributed by atoms with Crippen molar-refractivity contribution in [2.45, 2.75) is 39.0 Å². The number of aryl methyl sites for hydroxylation is 1. The van der Waals surface area contributed by atoms with Crippen molar-refractivity contribution in [1.82, 2.24) is 4.98 Å². The minimum absolute atomic E-state index is 0.801. The van der Waals surface area contributed by atoms with Crippen LogP contribution in [0, 0.1) is 12.8 Å². The SMILES string of the molecule is Cc1ncc(C=C(CBr)C2CCCCC2)s1. The third-order valence-electron chi connectivity index (χ3n) is 3.25. The highest BCUT2D eigenvalue weighted by molar-refractivity contribution is 9.09. The fourth-order valence-electron chi connectivity index (χ4n) is 2.37. The van der Waals surface area contributed by atoms with E-state index in [1.165, 1.54) is 37.0 Å². The van der Waals surface area contributed by atoms with E-state index in [1.807, 2.05) is 6.20 Å². The van der Waals surface area contributed by atoms with Gasteiger partial charge in [0, 0.05) is 16.4 Å². The van der Waals surface area contributed by atoms with Crippen molar-refractivity contribution in [3.05, 3.63) is 21.7 Å². The Morgan fingerprint density at radius 3 is 2.81 bits per heavy atom. The number of halogens is 1. The molecule has 0 spiro atoms. The van der Waals surface area contributed by atoms with Crippen molar-refractivity contribution < 1.29 is 0 Å². The highest BCUT2D eigenvalue weighted by Crippen LogP contribution is 2.32. The Hall–Kier alpha value is -0.150. The van der Waals surface area contributed by atoms with E-state index in [-0.39, 0.29) is 0 Å². The second-order valence-corrected chi connectivity index (χ2v) is 6.30. The van der Waals surface area contributed by atoms with Crippen molar-refractivity contribution in [3.63, 3.8) is 0 Å². The molecule has 2 rings (SSSR count). The van der Waals surface area contributed by atoms with E-state index < -0.39 is 0 Å². The number of allylic oxidation sites excluding steroid dienone is 1. The van der Waals surface area contributed by atoms with Crippen LogP contribution >= 0.6 is 27.3 Å². The lowest BCUT2D eigenvalue weighted by Crippen LogP contribution is -2.09. The summed E-state index contributed by atoms with van der Waals surface area (Å²) in [6, 6.07) is 0. The van der Waals surface area contributed by atoms with Gasteiger partial charge in [0.2, 0.25) is 0 Å². The van der Waals surface area contributed by atoms with Gasteiger partial charge in [-0.3, -0.25) is 0 Å². The zero-order chi connectivity index (χ0) is 11.4. The van der Waals surface area contributed by atoms with Crippen molar-refractivity contribution in [2.24, 2.45) is 5.92 Å². The Bertz CT molecular complexity index is 364. The number of hydrogen-bond acceptors (Lipinski definition) is 2. The fraction of sp³-hybridized carbons (Fsp3) is 0.615. The van der Waals surface area contributed by atoms with Crippen LogP contribution in [0.15, 0.2) is 11.8 Å². The standard InChI is InChI=1S/C13H18BrNS/c1-10-15-9-13(16-10)7-12(8-14)11-5-3-2-4-6-11/h7,9,11H,2-6,8H2,1H3. The maximum atomic E-state index is 4.31. The van der Waals surface area contributed by atoms with Crippen LogP contribution in [-0.2, 0) is 0 Å². The molecule has 0 aromatic carbocycles. The van der Waals surface area contributed by atoms with E-state index in [0.29, 0.717) is 0 Å². The monoisotopic (exact) mass is 299 g/mol. The first kappa shape index (κ1) is 12.3. The van der Waals surface area contributed by atoms with E-state index in [1.54, 1.807) is 16.9 Å². The molecule has 0 aliphatic heterocycles. The molecule has 16 heavy (non-hydrogen) atoms. The number of thiazole rings is 1. The van der Waals surface area contributed by atoms with Crippen LogP contribution in [-0.4, -0.2) is 10.3 Å². The number of nitrogens with zero attached hydrogens (tertiary/aromatic N) is 1. The summed E-state index contributed by atoms with van der Waals surface area (Å²) in [5.41, 5.74) is 1.56. The normalized spacial score (nSPS) is 19.0. The molecule has 0 unspecified atom stereocenters. The van der Waals surface area contributed by atoms with Gasteiger partial charge in [-0.1, -0.05) is 40.8 Å². The molecule has 0 saturated heterocycles. The van der Waals surface area contributed by atoms with Crippen LogP contribution in [0.4, 0.5) is 0 Å². The minimum atomic E-state index is 0.801. The summed E-state index contributed by atoms with van der Waals surface area (Å²) in [4.78, 5) is 5.61. The fourth-order valence-corrected chi connectivity index (χ4v) is 3.75. The molecule has 1 aromatic heterocycles. The predicted molar refractivity (Wildman–Crippen MR) is 75.2 cm³/mol. The Morgan fingerprint density at radius 1 is 1.50 bits per heavy atom. The highest BCUT2D eigenvalue weighted by Gasteiger charge is 2.17. The van der Waals surface area contributed by atoms with Gasteiger partial charge in [0.15, 0.2) is 0 Å². The largest absolute Gasteiger partial charge is 0.249 e. The molecule has 0 atom stereocenters.